The van der Waals surface area contributed by atoms with Gasteiger partial charge in [0.15, 0.2) is 0 Å². The molecular formula is C60H43NS4. The highest BCUT2D eigenvalue weighted by Gasteiger charge is 2.40. The van der Waals surface area contributed by atoms with Crippen LogP contribution in [0.1, 0.15) is 49.9 Å². The minimum absolute atomic E-state index is 0.0291. The second-order valence-electron chi connectivity index (χ2n) is 18.4. The van der Waals surface area contributed by atoms with Crippen molar-refractivity contribution in [2.45, 2.75) is 77.7 Å². The van der Waals surface area contributed by atoms with Crippen molar-refractivity contribution < 1.29 is 0 Å². The van der Waals surface area contributed by atoms with Crippen LogP contribution in [-0.4, -0.2) is 0 Å². The summed E-state index contributed by atoms with van der Waals surface area (Å²) in [6.07, 6.45) is 0. The van der Waals surface area contributed by atoms with Gasteiger partial charge in [0, 0.05) is 78.2 Å². The smallest absolute Gasteiger partial charge is 0.0465 e. The molecule has 2 aliphatic heterocycles. The van der Waals surface area contributed by atoms with Gasteiger partial charge in [0.1, 0.15) is 0 Å². The van der Waals surface area contributed by atoms with Gasteiger partial charge in [-0.1, -0.05) is 196 Å². The number of fused-ring (bicyclic) bond motifs is 12. The summed E-state index contributed by atoms with van der Waals surface area (Å²) < 4.78 is 0. The zero-order valence-electron chi connectivity index (χ0n) is 36.5. The summed E-state index contributed by atoms with van der Waals surface area (Å²) in [6.45, 7) is 9.55. The molecule has 1 nitrogen and oxygen atoms in total. The van der Waals surface area contributed by atoms with Gasteiger partial charge in [-0.05, 0) is 122 Å². The van der Waals surface area contributed by atoms with Crippen LogP contribution >= 0.6 is 47.0 Å². The molecule has 0 saturated heterocycles. The van der Waals surface area contributed by atoms with Gasteiger partial charge < -0.3 is 4.90 Å². The van der Waals surface area contributed by atoms with E-state index in [-0.39, 0.29) is 10.8 Å². The Hall–Kier alpha value is -5.82. The molecule has 0 bridgehead atoms. The number of benzene rings is 9. The topological polar surface area (TPSA) is 3.24 Å². The quantitative estimate of drug-likeness (QED) is 0.169. The molecule has 0 fully saturated rings. The van der Waals surface area contributed by atoms with E-state index in [1.807, 2.05) is 47.0 Å². The first-order chi connectivity index (χ1) is 31.7. The van der Waals surface area contributed by atoms with Crippen LogP contribution in [0.2, 0.25) is 0 Å². The SMILES string of the molecule is CC1(C)c2cc(N(c3ccc(-c4ccccc4)cc3)c3ccc(-c4cccc5c4Sc4c(ccc6c4-c4ccccc4C6(C)C)S5)cc3)ccc2-c2c1ccc1c2Sc2ccccc2S1. The van der Waals surface area contributed by atoms with E-state index in [2.05, 4.69) is 221 Å². The molecule has 2 heterocycles. The Morgan fingerprint density at radius 2 is 0.800 bits per heavy atom. The molecule has 2 aliphatic carbocycles. The Morgan fingerprint density at radius 1 is 0.308 bits per heavy atom. The van der Waals surface area contributed by atoms with Crippen LogP contribution in [0.3, 0.4) is 0 Å². The maximum atomic E-state index is 2.46. The Morgan fingerprint density at radius 3 is 1.51 bits per heavy atom. The molecule has 13 rings (SSSR count). The van der Waals surface area contributed by atoms with Crippen molar-refractivity contribution in [1.82, 2.24) is 0 Å². The highest BCUT2D eigenvalue weighted by atomic mass is 32.2. The summed E-state index contributed by atoms with van der Waals surface area (Å²) in [4.78, 5) is 13.2. The van der Waals surface area contributed by atoms with Gasteiger partial charge in [0.25, 0.3) is 0 Å². The zero-order valence-corrected chi connectivity index (χ0v) is 39.7. The third-order valence-electron chi connectivity index (χ3n) is 14.0. The Balaban J connectivity index is 0.899. The number of anilines is 3. The van der Waals surface area contributed by atoms with Crippen molar-refractivity contribution in [3.05, 3.63) is 210 Å². The van der Waals surface area contributed by atoms with E-state index in [0.29, 0.717) is 0 Å². The van der Waals surface area contributed by atoms with Crippen LogP contribution in [0.4, 0.5) is 17.1 Å². The van der Waals surface area contributed by atoms with Crippen LogP contribution in [0.5, 0.6) is 0 Å². The minimum Gasteiger partial charge on any atom is -0.310 e. The molecule has 0 unspecified atom stereocenters. The van der Waals surface area contributed by atoms with Gasteiger partial charge in [0.2, 0.25) is 0 Å². The molecule has 312 valence electrons. The van der Waals surface area contributed by atoms with Crippen LogP contribution in [-0.2, 0) is 10.8 Å². The molecule has 9 aromatic carbocycles. The molecule has 4 aliphatic rings. The van der Waals surface area contributed by atoms with Crippen LogP contribution in [0.15, 0.2) is 227 Å². The molecule has 5 heteroatoms. The van der Waals surface area contributed by atoms with E-state index < -0.39 is 0 Å². The standard InChI is InChI=1S/C60H43NS4/c1-59(2)45-17-9-8-15-43(45)54-46(59)31-34-53-58(54)65-56-42(16-12-20-51(56)63-53)38-23-27-40(28-24-38)61(39-25-21-37(22-26-39)36-13-6-5-7-14-36)41-29-30-44-48(35-41)60(3,4)47-32-33-52-57(55(44)47)64-50-19-11-10-18-49(50)62-52/h5-35H,1-4H3. The molecule has 0 amide bonds. The van der Waals surface area contributed by atoms with E-state index in [0.717, 1.165) is 17.1 Å². The Bertz CT molecular complexity index is 3420. The third kappa shape index (κ3) is 6.12. The number of rotatable bonds is 5. The predicted octanol–water partition coefficient (Wildman–Crippen LogP) is 18.3. The van der Waals surface area contributed by atoms with E-state index in [9.17, 15) is 0 Å². The maximum Gasteiger partial charge on any atom is 0.0465 e. The fourth-order valence-corrected chi connectivity index (χ4v) is 15.7. The molecule has 0 spiro atoms. The first-order valence-corrected chi connectivity index (χ1v) is 25.6. The fourth-order valence-electron chi connectivity index (χ4n) is 10.7. The summed E-state index contributed by atoms with van der Waals surface area (Å²) in [5, 5.41) is 0. The number of hydrogen-bond acceptors (Lipinski definition) is 5. The molecule has 0 aromatic heterocycles. The molecule has 0 saturated carbocycles. The van der Waals surface area contributed by atoms with Crippen molar-refractivity contribution in [3.63, 3.8) is 0 Å². The average Bonchev–Trinajstić information content (AvgIpc) is 3.72. The second-order valence-corrected chi connectivity index (χ2v) is 22.7. The lowest BCUT2D eigenvalue weighted by atomic mass is 9.82. The lowest BCUT2D eigenvalue weighted by molar-refractivity contribution is 0.658. The lowest BCUT2D eigenvalue weighted by Gasteiger charge is -2.28. The van der Waals surface area contributed by atoms with Crippen molar-refractivity contribution in [3.8, 4) is 44.5 Å². The molecule has 65 heavy (non-hydrogen) atoms. The average molecular weight is 906 g/mol. The highest BCUT2D eigenvalue weighted by Crippen LogP contribution is 2.61. The molecular weight excluding hydrogens is 863 g/mol. The lowest BCUT2D eigenvalue weighted by Crippen LogP contribution is -2.16. The monoisotopic (exact) mass is 905 g/mol. The second kappa shape index (κ2) is 14.8. The van der Waals surface area contributed by atoms with E-state index >= 15 is 0 Å². The van der Waals surface area contributed by atoms with E-state index in [1.165, 1.54) is 106 Å². The van der Waals surface area contributed by atoms with Gasteiger partial charge in [-0.2, -0.15) is 0 Å². The van der Waals surface area contributed by atoms with Gasteiger partial charge in [-0.25, -0.2) is 0 Å². The van der Waals surface area contributed by atoms with Crippen LogP contribution in [0.25, 0.3) is 44.5 Å². The fraction of sp³-hybridized carbons (Fsp3) is 0.100. The summed E-state index contributed by atoms with van der Waals surface area (Å²) in [7, 11) is 0. The van der Waals surface area contributed by atoms with Crippen molar-refractivity contribution in [2.24, 2.45) is 0 Å². The van der Waals surface area contributed by atoms with Gasteiger partial charge >= 0.3 is 0 Å². The summed E-state index contributed by atoms with van der Waals surface area (Å²) >= 11 is 7.70. The van der Waals surface area contributed by atoms with Crippen LogP contribution in [0, 0.1) is 0 Å². The minimum atomic E-state index is -0.163. The number of hydrogen-bond donors (Lipinski definition) is 0. The maximum absolute atomic E-state index is 2.46. The Kier molecular flexibility index (Phi) is 9.03. The molecule has 0 N–H and O–H groups in total. The van der Waals surface area contributed by atoms with Crippen molar-refractivity contribution >= 4 is 64.1 Å². The highest BCUT2D eigenvalue weighted by molar-refractivity contribution is 8.05. The van der Waals surface area contributed by atoms with E-state index in [4.69, 9.17) is 0 Å². The van der Waals surface area contributed by atoms with Gasteiger partial charge in [0.05, 0.1) is 0 Å². The molecule has 0 radical (unpaired) electrons. The van der Waals surface area contributed by atoms with E-state index in [1.54, 1.807) is 0 Å². The normalized spacial score (nSPS) is 15.1. The molecule has 9 aromatic rings. The van der Waals surface area contributed by atoms with Crippen LogP contribution < -0.4 is 4.90 Å². The van der Waals surface area contributed by atoms with Crippen molar-refractivity contribution in [2.75, 3.05) is 4.90 Å². The number of nitrogens with zero attached hydrogens (tertiary/aromatic N) is 1. The van der Waals surface area contributed by atoms with Crippen molar-refractivity contribution in [1.29, 1.82) is 0 Å². The summed E-state index contributed by atoms with van der Waals surface area (Å²) in [5.41, 5.74) is 19.3. The third-order valence-corrected chi connectivity index (χ3v) is 19.3. The van der Waals surface area contributed by atoms with Gasteiger partial charge in [-0.15, -0.1) is 0 Å². The predicted molar refractivity (Wildman–Crippen MR) is 277 cm³/mol. The first kappa shape index (κ1) is 39.5. The Labute approximate surface area is 398 Å². The van der Waals surface area contributed by atoms with Gasteiger partial charge in [-0.3, -0.25) is 0 Å². The summed E-state index contributed by atoms with van der Waals surface area (Å²) in [5.74, 6) is 0. The summed E-state index contributed by atoms with van der Waals surface area (Å²) in [6, 6.07) is 70.4. The zero-order chi connectivity index (χ0) is 43.6. The molecule has 0 atom stereocenters. The largest absolute Gasteiger partial charge is 0.310 e. The first-order valence-electron chi connectivity index (χ1n) is 22.3.